The summed E-state index contributed by atoms with van der Waals surface area (Å²) in [6.07, 6.45) is 1.34. The van der Waals surface area contributed by atoms with Gasteiger partial charge in [-0.15, -0.1) is 0 Å². The van der Waals surface area contributed by atoms with Gasteiger partial charge in [0.15, 0.2) is 0 Å². The molecule has 20 heavy (non-hydrogen) atoms. The van der Waals surface area contributed by atoms with Crippen molar-refractivity contribution >= 4 is 16.9 Å². The van der Waals surface area contributed by atoms with Gasteiger partial charge in [-0.1, -0.05) is 47.6 Å². The molecule has 1 N–H and O–H groups in total. The van der Waals surface area contributed by atoms with E-state index in [4.69, 9.17) is 4.42 Å². The minimum atomic E-state index is -0.949. The average Bonchev–Trinajstić information content (AvgIpc) is 2.68. The molecule has 3 nitrogen and oxygen atoms in total. The second-order valence-corrected chi connectivity index (χ2v) is 7.36. The molecule has 2 aromatic rings. The fraction of sp³-hybridized carbons (Fsp3) is 0.471. The molecule has 0 fully saturated rings. The lowest BCUT2D eigenvalue weighted by Crippen LogP contribution is -2.16. The van der Waals surface area contributed by atoms with Crippen molar-refractivity contribution in [3.8, 4) is 0 Å². The van der Waals surface area contributed by atoms with Crippen LogP contribution < -0.4 is 0 Å². The van der Waals surface area contributed by atoms with Crippen LogP contribution in [-0.4, -0.2) is 11.1 Å². The highest BCUT2D eigenvalue weighted by molar-refractivity contribution is 6.03. The fourth-order valence-electron chi connectivity index (χ4n) is 2.29. The molecule has 0 radical (unpaired) electrons. The van der Waals surface area contributed by atoms with Gasteiger partial charge in [0.1, 0.15) is 17.4 Å². The van der Waals surface area contributed by atoms with Crippen LogP contribution in [0, 0.1) is 0 Å². The van der Waals surface area contributed by atoms with Crippen molar-refractivity contribution in [1.82, 2.24) is 0 Å². The third kappa shape index (κ3) is 2.45. The van der Waals surface area contributed by atoms with Crippen molar-refractivity contribution < 1.29 is 14.3 Å². The third-order valence-electron chi connectivity index (χ3n) is 3.58. The highest BCUT2D eigenvalue weighted by Crippen LogP contribution is 2.37. The van der Waals surface area contributed by atoms with Crippen LogP contribution in [0.5, 0.6) is 0 Å². The van der Waals surface area contributed by atoms with E-state index in [9.17, 15) is 9.90 Å². The molecular formula is C17H22O3. The van der Waals surface area contributed by atoms with E-state index >= 15 is 0 Å². The quantitative estimate of drug-likeness (QED) is 0.818. The van der Waals surface area contributed by atoms with E-state index in [0.29, 0.717) is 11.0 Å². The number of rotatable bonds is 1. The number of hydrogen-bond donors (Lipinski definition) is 1. The first-order valence-electron chi connectivity index (χ1n) is 6.81. The third-order valence-corrected chi connectivity index (χ3v) is 3.58. The molecule has 0 amide bonds. The lowest BCUT2D eigenvalue weighted by atomic mass is 9.79. The minimum absolute atomic E-state index is 0.0404. The summed E-state index contributed by atoms with van der Waals surface area (Å²) in [4.78, 5) is 11.3. The Bertz CT molecular complexity index is 664. The van der Waals surface area contributed by atoms with Crippen LogP contribution in [0.1, 0.15) is 63.0 Å². The Morgan fingerprint density at radius 2 is 1.65 bits per heavy atom. The van der Waals surface area contributed by atoms with Crippen LogP contribution in [0.25, 0.3) is 11.0 Å². The summed E-state index contributed by atoms with van der Waals surface area (Å²) < 4.78 is 5.55. The van der Waals surface area contributed by atoms with Crippen LogP contribution >= 0.6 is 0 Å². The van der Waals surface area contributed by atoms with Gasteiger partial charge >= 0.3 is 5.97 Å². The first-order chi connectivity index (χ1) is 9.01. The molecule has 108 valence electrons. The highest BCUT2D eigenvalue weighted by atomic mass is 16.4. The molecule has 1 aromatic heterocycles. The summed E-state index contributed by atoms with van der Waals surface area (Å²) in [6, 6.07) is 4.08. The van der Waals surface area contributed by atoms with E-state index in [-0.39, 0.29) is 16.4 Å². The van der Waals surface area contributed by atoms with E-state index in [1.54, 1.807) is 0 Å². The molecule has 0 spiro atoms. The molecule has 2 rings (SSSR count). The van der Waals surface area contributed by atoms with Crippen molar-refractivity contribution in [2.45, 2.75) is 52.4 Å². The van der Waals surface area contributed by atoms with E-state index in [1.807, 2.05) is 6.07 Å². The number of furan rings is 1. The largest absolute Gasteiger partial charge is 0.478 e. The second-order valence-electron chi connectivity index (χ2n) is 7.36. The molecule has 0 aliphatic heterocycles. The van der Waals surface area contributed by atoms with Gasteiger partial charge in [0.05, 0.1) is 0 Å². The summed E-state index contributed by atoms with van der Waals surface area (Å²) in [6.45, 7) is 12.7. The summed E-state index contributed by atoms with van der Waals surface area (Å²) >= 11 is 0. The Morgan fingerprint density at radius 1 is 1.05 bits per heavy atom. The summed E-state index contributed by atoms with van der Waals surface area (Å²) in [5, 5.41) is 9.99. The standard InChI is InChI=1S/C17H22O3/c1-16(2,3)10-7-11-12(15(18)19)9-20-14(11)13(8-10)17(4,5)6/h7-9H,1-6H3,(H,18,19). The molecule has 0 saturated carbocycles. The normalized spacial score (nSPS) is 12.9. The zero-order valence-electron chi connectivity index (χ0n) is 13.0. The molecule has 0 aliphatic carbocycles. The number of carboxylic acids is 1. The van der Waals surface area contributed by atoms with E-state index < -0.39 is 5.97 Å². The van der Waals surface area contributed by atoms with Gasteiger partial charge in [-0.2, -0.15) is 0 Å². The number of carbonyl (C=O) groups is 1. The van der Waals surface area contributed by atoms with E-state index in [1.165, 1.54) is 6.26 Å². The summed E-state index contributed by atoms with van der Waals surface area (Å²) in [5.74, 6) is -0.949. The van der Waals surface area contributed by atoms with Gasteiger partial charge < -0.3 is 9.52 Å². The Balaban J connectivity index is 2.88. The monoisotopic (exact) mass is 274 g/mol. The van der Waals surface area contributed by atoms with Gasteiger partial charge in [-0.05, 0) is 22.5 Å². The highest BCUT2D eigenvalue weighted by Gasteiger charge is 2.26. The Labute approximate surface area is 119 Å². The smallest absolute Gasteiger partial charge is 0.339 e. The number of hydrogen-bond acceptors (Lipinski definition) is 2. The van der Waals surface area contributed by atoms with Crippen molar-refractivity contribution in [2.24, 2.45) is 0 Å². The van der Waals surface area contributed by atoms with Crippen LogP contribution in [0.4, 0.5) is 0 Å². The Kier molecular flexibility index (Phi) is 3.20. The second kappa shape index (κ2) is 4.37. The fourth-order valence-corrected chi connectivity index (χ4v) is 2.29. The van der Waals surface area contributed by atoms with Crippen molar-refractivity contribution in [3.63, 3.8) is 0 Å². The molecule has 0 saturated heterocycles. The SMILES string of the molecule is CC(C)(C)c1cc(C(C)(C)C)c2occ(C(=O)O)c2c1. The average molecular weight is 274 g/mol. The van der Waals surface area contributed by atoms with Gasteiger partial charge in [0.25, 0.3) is 0 Å². The first kappa shape index (κ1) is 14.6. The molecule has 0 unspecified atom stereocenters. The predicted molar refractivity (Wildman–Crippen MR) is 80.6 cm³/mol. The lowest BCUT2D eigenvalue weighted by molar-refractivity contribution is 0.0698. The van der Waals surface area contributed by atoms with E-state index in [0.717, 1.165) is 11.1 Å². The molecule has 1 aromatic carbocycles. The van der Waals surface area contributed by atoms with Crippen molar-refractivity contribution in [2.75, 3.05) is 0 Å². The van der Waals surface area contributed by atoms with Crippen molar-refractivity contribution in [3.05, 3.63) is 35.1 Å². The van der Waals surface area contributed by atoms with Gasteiger partial charge in [-0.3, -0.25) is 0 Å². The topological polar surface area (TPSA) is 50.4 Å². The van der Waals surface area contributed by atoms with Gasteiger partial charge in [0.2, 0.25) is 0 Å². The van der Waals surface area contributed by atoms with Gasteiger partial charge in [0, 0.05) is 10.9 Å². The maximum absolute atomic E-state index is 11.3. The Hall–Kier alpha value is -1.77. The zero-order chi connectivity index (χ0) is 15.3. The van der Waals surface area contributed by atoms with Crippen molar-refractivity contribution in [1.29, 1.82) is 0 Å². The first-order valence-corrected chi connectivity index (χ1v) is 6.81. The molecule has 0 aliphatic rings. The number of aromatic carboxylic acids is 1. The zero-order valence-corrected chi connectivity index (χ0v) is 13.0. The number of carboxylic acid groups (broad SMARTS) is 1. The van der Waals surface area contributed by atoms with E-state index in [2.05, 4.69) is 47.6 Å². The predicted octanol–water partition coefficient (Wildman–Crippen LogP) is 4.73. The van der Waals surface area contributed by atoms with Gasteiger partial charge in [-0.25, -0.2) is 4.79 Å². The molecule has 1 heterocycles. The number of fused-ring (bicyclic) bond motifs is 1. The summed E-state index contributed by atoms with van der Waals surface area (Å²) in [7, 11) is 0. The van der Waals surface area contributed by atoms with Crippen LogP contribution in [0.2, 0.25) is 0 Å². The Morgan fingerprint density at radius 3 is 2.10 bits per heavy atom. The molecule has 0 atom stereocenters. The van der Waals surface area contributed by atoms with Crippen LogP contribution in [0.15, 0.2) is 22.8 Å². The molecule has 0 bridgehead atoms. The van der Waals surface area contributed by atoms with Crippen LogP contribution in [0.3, 0.4) is 0 Å². The maximum atomic E-state index is 11.3. The summed E-state index contributed by atoms with van der Waals surface area (Å²) in [5.41, 5.74) is 2.94. The molecule has 3 heteroatoms. The lowest BCUT2D eigenvalue weighted by Gasteiger charge is -2.25. The molecular weight excluding hydrogens is 252 g/mol. The minimum Gasteiger partial charge on any atom is -0.478 e. The van der Waals surface area contributed by atoms with Crippen LogP contribution in [-0.2, 0) is 10.8 Å². The maximum Gasteiger partial charge on any atom is 0.339 e. The number of benzene rings is 1.